The van der Waals surface area contributed by atoms with Crippen molar-refractivity contribution in [2.45, 2.75) is 44.4 Å². The van der Waals surface area contributed by atoms with Gasteiger partial charge in [-0.1, -0.05) is 6.92 Å². The average molecular weight is 381 g/mol. The normalized spacial score (nSPS) is 31.5. The van der Waals surface area contributed by atoms with Crippen LogP contribution in [0.5, 0.6) is 0 Å². The van der Waals surface area contributed by atoms with E-state index in [1.54, 1.807) is 0 Å². The molecule has 4 rings (SSSR count). The largest absolute Gasteiger partial charge is 0.379 e. The molecule has 3 aliphatic heterocycles. The zero-order chi connectivity index (χ0) is 17.8. The second-order valence-electron chi connectivity index (χ2n) is 7.86. The Bertz CT molecular complexity index is 575. The minimum atomic E-state index is -0.113. The predicted molar refractivity (Wildman–Crippen MR) is 104 cm³/mol. The van der Waals surface area contributed by atoms with E-state index in [1.165, 1.54) is 9.75 Å². The van der Waals surface area contributed by atoms with E-state index in [4.69, 9.17) is 14.2 Å². The van der Waals surface area contributed by atoms with Gasteiger partial charge in [0.05, 0.1) is 32.5 Å². The van der Waals surface area contributed by atoms with Gasteiger partial charge in [-0.2, -0.15) is 0 Å². The number of aryl methyl sites for hydroxylation is 1. The van der Waals surface area contributed by atoms with Gasteiger partial charge in [0.25, 0.3) is 0 Å². The van der Waals surface area contributed by atoms with Crippen LogP contribution >= 0.6 is 11.3 Å². The maximum absolute atomic E-state index is 6.62. The summed E-state index contributed by atoms with van der Waals surface area (Å²) in [5, 5.41) is 0. The molecule has 0 saturated carbocycles. The smallest absolute Gasteiger partial charge is 0.105 e. The van der Waals surface area contributed by atoms with Gasteiger partial charge in [0.1, 0.15) is 5.60 Å². The van der Waals surface area contributed by atoms with Crippen molar-refractivity contribution in [2.75, 3.05) is 59.2 Å². The highest BCUT2D eigenvalue weighted by Crippen LogP contribution is 2.34. The fourth-order valence-corrected chi connectivity index (χ4v) is 5.36. The molecule has 1 spiro atoms. The van der Waals surface area contributed by atoms with Crippen LogP contribution in [0.1, 0.15) is 29.5 Å². The molecule has 0 unspecified atom stereocenters. The van der Waals surface area contributed by atoms with Crippen molar-refractivity contribution in [3.63, 3.8) is 0 Å². The molecule has 4 heterocycles. The molecule has 0 N–H and O–H groups in total. The van der Waals surface area contributed by atoms with E-state index in [-0.39, 0.29) is 5.60 Å². The van der Waals surface area contributed by atoms with E-state index in [0.29, 0.717) is 6.10 Å². The lowest BCUT2D eigenvalue weighted by Crippen LogP contribution is -2.46. The quantitative estimate of drug-likeness (QED) is 0.784. The summed E-state index contributed by atoms with van der Waals surface area (Å²) < 4.78 is 18.1. The average Bonchev–Trinajstić information content (AvgIpc) is 3.21. The molecule has 3 fully saturated rings. The van der Waals surface area contributed by atoms with Crippen LogP contribution in [-0.4, -0.2) is 80.7 Å². The molecule has 5 nitrogen and oxygen atoms in total. The van der Waals surface area contributed by atoms with Crippen LogP contribution in [0.15, 0.2) is 12.1 Å². The van der Waals surface area contributed by atoms with Gasteiger partial charge in [-0.05, 0) is 31.4 Å². The topological polar surface area (TPSA) is 34.2 Å². The van der Waals surface area contributed by atoms with Crippen LogP contribution in [0, 0.1) is 0 Å². The Hall–Kier alpha value is -0.500. The third kappa shape index (κ3) is 4.66. The Morgan fingerprint density at radius 1 is 1.08 bits per heavy atom. The molecule has 1 aromatic heterocycles. The van der Waals surface area contributed by atoms with Crippen molar-refractivity contribution >= 4 is 11.3 Å². The van der Waals surface area contributed by atoms with Crippen LogP contribution in [0.2, 0.25) is 0 Å². The van der Waals surface area contributed by atoms with E-state index >= 15 is 0 Å². The maximum Gasteiger partial charge on any atom is 0.105 e. The van der Waals surface area contributed by atoms with Gasteiger partial charge in [-0.25, -0.2) is 0 Å². The number of hydrogen-bond acceptors (Lipinski definition) is 6. The first-order chi connectivity index (χ1) is 12.7. The van der Waals surface area contributed by atoms with Gasteiger partial charge in [0.2, 0.25) is 0 Å². The first-order valence-corrected chi connectivity index (χ1v) is 10.9. The third-order valence-corrected chi connectivity index (χ3v) is 6.99. The number of nitrogens with zero attached hydrogens (tertiary/aromatic N) is 2. The molecule has 0 radical (unpaired) electrons. The highest BCUT2D eigenvalue weighted by atomic mass is 32.1. The molecule has 0 bridgehead atoms. The summed E-state index contributed by atoms with van der Waals surface area (Å²) in [4.78, 5) is 7.96. The van der Waals surface area contributed by atoms with E-state index in [0.717, 1.165) is 85.0 Å². The van der Waals surface area contributed by atoms with Crippen LogP contribution in [0.25, 0.3) is 0 Å². The zero-order valence-corrected chi connectivity index (χ0v) is 16.8. The summed E-state index contributed by atoms with van der Waals surface area (Å²) >= 11 is 1.95. The summed E-state index contributed by atoms with van der Waals surface area (Å²) in [5.74, 6) is 0. The van der Waals surface area contributed by atoms with E-state index in [2.05, 4.69) is 28.9 Å². The molecule has 3 saturated heterocycles. The summed E-state index contributed by atoms with van der Waals surface area (Å²) in [6.45, 7) is 11.6. The molecule has 6 heteroatoms. The Labute approximate surface area is 161 Å². The number of morpholine rings is 1. The van der Waals surface area contributed by atoms with Crippen molar-refractivity contribution in [2.24, 2.45) is 0 Å². The highest BCUT2D eigenvalue weighted by Gasteiger charge is 2.43. The van der Waals surface area contributed by atoms with Crippen molar-refractivity contribution in [3.8, 4) is 0 Å². The Morgan fingerprint density at radius 3 is 2.65 bits per heavy atom. The predicted octanol–water partition coefficient (Wildman–Crippen LogP) is 2.39. The van der Waals surface area contributed by atoms with Crippen molar-refractivity contribution in [3.05, 3.63) is 21.9 Å². The number of thiophene rings is 1. The fraction of sp³-hybridized carbons (Fsp3) is 0.800. The molecule has 0 amide bonds. The second kappa shape index (κ2) is 8.67. The van der Waals surface area contributed by atoms with Crippen LogP contribution in [0.3, 0.4) is 0 Å². The number of rotatable bonds is 5. The lowest BCUT2D eigenvalue weighted by atomic mass is 10.00. The molecule has 26 heavy (non-hydrogen) atoms. The standard InChI is InChI=1S/C20H32N2O3S/c1-2-18-3-4-19(26-18)14-22-9-12-24-16-20(15-22)6-5-17(25-20)13-21-7-10-23-11-8-21/h3-4,17H,2,5-16H2,1H3/t17-,20-/m0/s1. The summed E-state index contributed by atoms with van der Waals surface area (Å²) in [6, 6.07) is 4.56. The van der Waals surface area contributed by atoms with Gasteiger partial charge in [-0.3, -0.25) is 9.80 Å². The van der Waals surface area contributed by atoms with Crippen LogP contribution < -0.4 is 0 Å². The molecular formula is C20H32N2O3S. The van der Waals surface area contributed by atoms with Gasteiger partial charge in [0, 0.05) is 49.0 Å². The lowest BCUT2D eigenvalue weighted by Gasteiger charge is -2.33. The SMILES string of the molecule is CCc1ccc(CN2CCOC[C@]3(CC[C@@H](CN4CCOCC4)O3)C2)s1. The molecule has 0 aromatic carbocycles. The monoisotopic (exact) mass is 380 g/mol. The third-order valence-electron chi connectivity index (χ3n) is 5.78. The van der Waals surface area contributed by atoms with Crippen molar-refractivity contribution < 1.29 is 14.2 Å². The molecule has 1 aromatic rings. The van der Waals surface area contributed by atoms with E-state index in [9.17, 15) is 0 Å². The Balaban J connectivity index is 1.34. The van der Waals surface area contributed by atoms with Crippen molar-refractivity contribution in [1.29, 1.82) is 0 Å². The minimum absolute atomic E-state index is 0.113. The highest BCUT2D eigenvalue weighted by molar-refractivity contribution is 7.11. The Morgan fingerprint density at radius 2 is 1.85 bits per heavy atom. The zero-order valence-electron chi connectivity index (χ0n) is 16.0. The maximum atomic E-state index is 6.62. The first kappa shape index (κ1) is 18.8. The molecule has 2 atom stereocenters. The molecule has 0 aliphatic carbocycles. The van der Waals surface area contributed by atoms with Gasteiger partial charge in [0.15, 0.2) is 0 Å². The lowest BCUT2D eigenvalue weighted by molar-refractivity contribution is -0.0966. The summed E-state index contributed by atoms with van der Waals surface area (Å²) in [5.41, 5.74) is -0.113. The summed E-state index contributed by atoms with van der Waals surface area (Å²) in [7, 11) is 0. The van der Waals surface area contributed by atoms with E-state index in [1.807, 2.05) is 11.3 Å². The van der Waals surface area contributed by atoms with Crippen molar-refractivity contribution in [1.82, 2.24) is 9.80 Å². The molecular weight excluding hydrogens is 348 g/mol. The number of ether oxygens (including phenoxy) is 3. The minimum Gasteiger partial charge on any atom is -0.379 e. The van der Waals surface area contributed by atoms with Crippen LogP contribution in [0.4, 0.5) is 0 Å². The second-order valence-corrected chi connectivity index (χ2v) is 9.11. The van der Waals surface area contributed by atoms with Gasteiger partial charge >= 0.3 is 0 Å². The van der Waals surface area contributed by atoms with E-state index < -0.39 is 0 Å². The first-order valence-electron chi connectivity index (χ1n) is 10.1. The fourth-order valence-electron chi connectivity index (χ4n) is 4.35. The van der Waals surface area contributed by atoms with Crippen LogP contribution in [-0.2, 0) is 27.2 Å². The Kier molecular flexibility index (Phi) is 6.29. The van der Waals surface area contributed by atoms with Gasteiger partial charge < -0.3 is 14.2 Å². The molecule has 146 valence electrons. The van der Waals surface area contributed by atoms with Gasteiger partial charge in [-0.15, -0.1) is 11.3 Å². The number of hydrogen-bond donors (Lipinski definition) is 0. The molecule has 3 aliphatic rings. The summed E-state index contributed by atoms with van der Waals surface area (Å²) in [6.07, 6.45) is 3.73.